The molecule has 0 aliphatic rings. The number of hydrogen-bond acceptors (Lipinski definition) is 5. The maximum Gasteiger partial charge on any atom is 0.264 e. The minimum absolute atomic E-state index is 0.0110. The number of benzene rings is 4. The average Bonchev–Trinajstić information content (AvgIpc) is 3.06. The van der Waals surface area contributed by atoms with Gasteiger partial charge in [0.1, 0.15) is 18.3 Å². The van der Waals surface area contributed by atoms with Gasteiger partial charge in [0.25, 0.3) is 10.0 Å². The Morgan fingerprint density at radius 2 is 1.57 bits per heavy atom. The fourth-order valence-corrected chi connectivity index (χ4v) is 6.88. The molecule has 4 rings (SSSR count). The second-order valence-corrected chi connectivity index (χ2v) is 13.7. The van der Waals surface area contributed by atoms with Crippen LogP contribution in [0.2, 0.25) is 10.0 Å². The van der Waals surface area contributed by atoms with Crippen LogP contribution in [0, 0.1) is 6.92 Å². The molecule has 0 radical (unpaired) electrons. The predicted molar refractivity (Wildman–Crippen MR) is 188 cm³/mol. The van der Waals surface area contributed by atoms with Gasteiger partial charge in [-0.05, 0) is 79.9 Å². The molecule has 8 nitrogen and oxygen atoms in total. The molecule has 2 amide bonds. The van der Waals surface area contributed by atoms with Gasteiger partial charge in [-0.3, -0.25) is 13.9 Å². The summed E-state index contributed by atoms with van der Waals surface area (Å²) >= 11 is 12.7. The van der Waals surface area contributed by atoms with Crippen LogP contribution in [0.4, 0.5) is 5.69 Å². The number of aryl methyl sites for hydroxylation is 1. The van der Waals surface area contributed by atoms with E-state index < -0.39 is 28.5 Å². The van der Waals surface area contributed by atoms with Crippen LogP contribution in [0.3, 0.4) is 0 Å². The maximum atomic E-state index is 14.6. The number of sulfonamides is 1. The zero-order chi connectivity index (χ0) is 34.0. The average molecular weight is 697 g/mol. The van der Waals surface area contributed by atoms with Crippen molar-refractivity contribution in [3.63, 3.8) is 0 Å². The molecule has 1 N–H and O–H groups in total. The Balaban J connectivity index is 1.80. The van der Waals surface area contributed by atoms with Crippen LogP contribution in [-0.4, -0.2) is 50.9 Å². The highest BCUT2D eigenvalue weighted by atomic mass is 35.5. The Kier molecular flexibility index (Phi) is 12.7. The Bertz CT molecular complexity index is 1750. The minimum Gasteiger partial charge on any atom is -0.494 e. The summed E-state index contributed by atoms with van der Waals surface area (Å²) in [5, 5.41) is 3.67. The van der Waals surface area contributed by atoms with Gasteiger partial charge in [0.15, 0.2) is 0 Å². The first-order valence-electron chi connectivity index (χ1n) is 15.4. The minimum atomic E-state index is -4.25. The lowest BCUT2D eigenvalue weighted by molar-refractivity contribution is -0.140. The second kappa shape index (κ2) is 16.7. The lowest BCUT2D eigenvalue weighted by Crippen LogP contribution is -2.53. The molecule has 0 aliphatic carbocycles. The molecule has 0 saturated carbocycles. The highest BCUT2D eigenvalue weighted by Crippen LogP contribution is 2.28. The number of anilines is 1. The van der Waals surface area contributed by atoms with E-state index in [1.165, 1.54) is 17.0 Å². The van der Waals surface area contributed by atoms with E-state index in [0.717, 1.165) is 15.4 Å². The van der Waals surface area contributed by atoms with Gasteiger partial charge in [0, 0.05) is 29.6 Å². The fraction of sp³-hybridized carbons (Fsp3) is 0.278. The number of amides is 2. The highest BCUT2D eigenvalue weighted by Gasteiger charge is 2.35. The normalized spacial score (nSPS) is 11.9. The van der Waals surface area contributed by atoms with Crippen molar-refractivity contribution in [2.45, 2.75) is 51.1 Å². The summed E-state index contributed by atoms with van der Waals surface area (Å²) in [7, 11) is -4.25. The van der Waals surface area contributed by atoms with Crippen molar-refractivity contribution in [3.05, 3.63) is 124 Å². The summed E-state index contributed by atoms with van der Waals surface area (Å²) in [4.78, 5) is 29.7. The molecule has 4 aromatic rings. The summed E-state index contributed by atoms with van der Waals surface area (Å²) in [6.45, 7) is 5.88. The number of nitrogens with zero attached hydrogens (tertiary/aromatic N) is 2. The summed E-state index contributed by atoms with van der Waals surface area (Å²) in [5.41, 5.74) is 2.62. The van der Waals surface area contributed by atoms with Gasteiger partial charge in [-0.15, -0.1) is 0 Å². The van der Waals surface area contributed by atoms with Crippen LogP contribution < -0.4 is 14.4 Å². The molecule has 11 heteroatoms. The van der Waals surface area contributed by atoms with E-state index in [2.05, 4.69) is 5.32 Å². The van der Waals surface area contributed by atoms with Crippen molar-refractivity contribution in [2.75, 3.05) is 24.0 Å². The molecule has 0 spiro atoms. The van der Waals surface area contributed by atoms with Gasteiger partial charge >= 0.3 is 0 Å². The molecule has 248 valence electrons. The lowest BCUT2D eigenvalue weighted by Gasteiger charge is -2.34. The van der Waals surface area contributed by atoms with Gasteiger partial charge in [0.2, 0.25) is 11.8 Å². The van der Waals surface area contributed by atoms with E-state index in [4.69, 9.17) is 27.9 Å². The molecule has 0 heterocycles. The van der Waals surface area contributed by atoms with Gasteiger partial charge in [0.05, 0.1) is 17.2 Å². The molecule has 4 aromatic carbocycles. The molecule has 0 unspecified atom stereocenters. The van der Waals surface area contributed by atoms with Gasteiger partial charge < -0.3 is 15.0 Å². The standard InChI is InChI=1S/C36H39Cl2N3O5S/c1-4-21-39-36(43)34(22-27-9-7-6-8-10-27)40(24-28-13-14-29(37)23-33(28)38)35(42)25-41(30-15-11-26(3)12-16-30)47(44,45)32-19-17-31(18-20-32)46-5-2/h6-20,23,34H,4-5,21-22,24-25H2,1-3H3,(H,39,43)/t34-/m1/s1. The maximum absolute atomic E-state index is 14.6. The Morgan fingerprint density at radius 1 is 0.894 bits per heavy atom. The van der Waals surface area contributed by atoms with Crippen LogP contribution in [0.15, 0.2) is 102 Å². The van der Waals surface area contributed by atoms with Crippen LogP contribution in [0.5, 0.6) is 5.75 Å². The molecule has 0 aromatic heterocycles. The predicted octanol–water partition coefficient (Wildman–Crippen LogP) is 7.06. The largest absolute Gasteiger partial charge is 0.494 e. The van der Waals surface area contributed by atoms with E-state index in [-0.39, 0.29) is 23.8 Å². The molecule has 47 heavy (non-hydrogen) atoms. The van der Waals surface area contributed by atoms with E-state index in [1.807, 2.05) is 51.1 Å². The van der Waals surface area contributed by atoms with Crippen LogP contribution in [-0.2, 0) is 32.6 Å². The number of ether oxygens (including phenoxy) is 1. The zero-order valence-corrected chi connectivity index (χ0v) is 29.0. The van der Waals surface area contributed by atoms with E-state index in [1.54, 1.807) is 54.6 Å². The first-order chi connectivity index (χ1) is 22.5. The third-order valence-electron chi connectivity index (χ3n) is 7.50. The summed E-state index contributed by atoms with van der Waals surface area (Å²) in [6, 6.07) is 26.2. The third-order valence-corrected chi connectivity index (χ3v) is 9.87. The number of halogens is 2. The quantitative estimate of drug-likeness (QED) is 0.144. The molecule has 1 atom stereocenters. The molecule has 0 fully saturated rings. The van der Waals surface area contributed by atoms with Crippen LogP contribution >= 0.6 is 23.2 Å². The van der Waals surface area contributed by atoms with Gasteiger partial charge in [-0.25, -0.2) is 8.42 Å². The number of carbonyl (C=O) groups excluding carboxylic acids is 2. The summed E-state index contributed by atoms with van der Waals surface area (Å²) < 4.78 is 35.0. The lowest BCUT2D eigenvalue weighted by atomic mass is 10.0. The third kappa shape index (κ3) is 9.50. The van der Waals surface area contributed by atoms with Crippen molar-refractivity contribution >= 4 is 50.7 Å². The van der Waals surface area contributed by atoms with E-state index >= 15 is 0 Å². The van der Waals surface area contributed by atoms with Gasteiger partial charge in [-0.2, -0.15) is 0 Å². The van der Waals surface area contributed by atoms with Gasteiger partial charge in [-0.1, -0.05) is 84.2 Å². The van der Waals surface area contributed by atoms with Crippen molar-refractivity contribution in [3.8, 4) is 5.75 Å². The highest BCUT2D eigenvalue weighted by molar-refractivity contribution is 7.92. The Morgan fingerprint density at radius 3 is 2.19 bits per heavy atom. The topological polar surface area (TPSA) is 96.0 Å². The van der Waals surface area contributed by atoms with Crippen LogP contribution in [0.1, 0.15) is 37.0 Å². The van der Waals surface area contributed by atoms with Crippen molar-refractivity contribution in [2.24, 2.45) is 0 Å². The number of nitrogens with one attached hydrogen (secondary N) is 1. The number of hydrogen-bond donors (Lipinski definition) is 1. The summed E-state index contributed by atoms with van der Waals surface area (Å²) in [6.07, 6.45) is 0.895. The Hall–Kier alpha value is -4.05. The Labute approximate surface area is 287 Å². The second-order valence-electron chi connectivity index (χ2n) is 11.0. The molecule has 0 aliphatic heterocycles. The molecule has 0 bridgehead atoms. The summed E-state index contributed by atoms with van der Waals surface area (Å²) in [5.74, 6) is -0.415. The SMILES string of the molecule is CCCNC(=O)[C@@H](Cc1ccccc1)N(Cc1ccc(Cl)cc1Cl)C(=O)CN(c1ccc(C)cc1)S(=O)(=O)c1ccc(OCC)cc1. The first-order valence-corrected chi connectivity index (χ1v) is 17.6. The van der Waals surface area contributed by atoms with Crippen molar-refractivity contribution < 1.29 is 22.7 Å². The molecular formula is C36H39Cl2N3O5S. The number of rotatable bonds is 15. The molecule has 0 saturated heterocycles. The van der Waals surface area contributed by atoms with E-state index in [0.29, 0.717) is 46.6 Å². The van der Waals surface area contributed by atoms with Crippen molar-refractivity contribution in [1.82, 2.24) is 10.2 Å². The fourth-order valence-electron chi connectivity index (χ4n) is 4.99. The molecular weight excluding hydrogens is 657 g/mol. The van der Waals surface area contributed by atoms with Crippen LogP contribution in [0.25, 0.3) is 0 Å². The van der Waals surface area contributed by atoms with Crippen molar-refractivity contribution in [1.29, 1.82) is 0 Å². The monoisotopic (exact) mass is 695 g/mol. The smallest absolute Gasteiger partial charge is 0.264 e. The van der Waals surface area contributed by atoms with E-state index in [9.17, 15) is 18.0 Å². The number of carbonyl (C=O) groups is 2. The first kappa shape index (κ1) is 35.8. The zero-order valence-electron chi connectivity index (χ0n) is 26.7.